The maximum atomic E-state index is 13.1. The lowest BCUT2D eigenvalue weighted by molar-refractivity contribution is 0.138. The summed E-state index contributed by atoms with van der Waals surface area (Å²) in [6.07, 6.45) is -0.836. The fourth-order valence-corrected chi connectivity index (χ4v) is 1.71. The highest BCUT2D eigenvalue weighted by molar-refractivity contribution is 9.10. The number of aliphatic hydroxyl groups is 1. The van der Waals surface area contributed by atoms with Gasteiger partial charge in [0.25, 0.3) is 0 Å². The molecule has 1 unspecified atom stereocenters. The first-order valence-corrected chi connectivity index (χ1v) is 4.28. The Morgan fingerprint density at radius 3 is 3.00 bits per heavy atom. The Hall–Kier alpha value is -0.610. The maximum absolute atomic E-state index is 13.1. The van der Waals surface area contributed by atoms with Crippen LogP contribution in [0.25, 0.3) is 0 Å². The standard InChI is InChI=1S/C8H6BrFO2/c9-4-1-2-5(10)7-6(11)3-12-8(4)7/h1-2,6,11H,3H2. The van der Waals surface area contributed by atoms with Crippen LogP contribution in [0.15, 0.2) is 16.6 Å². The molecule has 1 N–H and O–H groups in total. The van der Waals surface area contributed by atoms with Crippen molar-refractivity contribution in [2.24, 2.45) is 0 Å². The molecule has 1 heterocycles. The van der Waals surface area contributed by atoms with E-state index in [2.05, 4.69) is 15.9 Å². The number of hydrogen-bond acceptors (Lipinski definition) is 2. The van der Waals surface area contributed by atoms with Crippen molar-refractivity contribution in [1.82, 2.24) is 0 Å². The van der Waals surface area contributed by atoms with Crippen LogP contribution in [-0.2, 0) is 0 Å². The van der Waals surface area contributed by atoms with Gasteiger partial charge in [0.2, 0.25) is 0 Å². The zero-order valence-electron chi connectivity index (χ0n) is 6.05. The van der Waals surface area contributed by atoms with Crippen LogP contribution < -0.4 is 4.74 Å². The van der Waals surface area contributed by atoms with Crippen LogP contribution in [0.5, 0.6) is 5.75 Å². The smallest absolute Gasteiger partial charge is 0.142 e. The van der Waals surface area contributed by atoms with E-state index in [1.807, 2.05) is 0 Å². The largest absolute Gasteiger partial charge is 0.489 e. The summed E-state index contributed by atoms with van der Waals surface area (Å²) in [6.45, 7) is 0.134. The first kappa shape index (κ1) is 8.01. The Kier molecular flexibility index (Phi) is 1.81. The summed E-state index contributed by atoms with van der Waals surface area (Å²) in [5.41, 5.74) is 0.254. The van der Waals surface area contributed by atoms with Gasteiger partial charge in [-0.3, -0.25) is 0 Å². The third-order valence-corrected chi connectivity index (χ3v) is 2.44. The third kappa shape index (κ3) is 1.03. The van der Waals surface area contributed by atoms with Crippen molar-refractivity contribution in [3.05, 3.63) is 28.0 Å². The van der Waals surface area contributed by atoms with E-state index in [0.717, 1.165) is 0 Å². The predicted molar refractivity (Wildman–Crippen MR) is 44.6 cm³/mol. The molecule has 2 nitrogen and oxygen atoms in total. The van der Waals surface area contributed by atoms with Gasteiger partial charge in [0.1, 0.15) is 24.3 Å². The van der Waals surface area contributed by atoms with Crippen LogP contribution in [0.1, 0.15) is 11.7 Å². The second-order valence-electron chi connectivity index (χ2n) is 2.60. The SMILES string of the molecule is OC1COc2c(Br)ccc(F)c21. The molecule has 4 heteroatoms. The minimum absolute atomic E-state index is 0.134. The van der Waals surface area contributed by atoms with E-state index in [0.29, 0.717) is 10.2 Å². The van der Waals surface area contributed by atoms with Gasteiger partial charge in [-0.1, -0.05) is 0 Å². The zero-order valence-corrected chi connectivity index (χ0v) is 7.64. The molecule has 0 saturated heterocycles. The van der Waals surface area contributed by atoms with E-state index in [-0.39, 0.29) is 12.2 Å². The number of hydrogen-bond donors (Lipinski definition) is 1. The Balaban J connectivity index is 2.64. The second kappa shape index (κ2) is 2.71. The van der Waals surface area contributed by atoms with E-state index >= 15 is 0 Å². The number of fused-ring (bicyclic) bond motifs is 1. The number of halogens is 2. The molecule has 0 radical (unpaired) electrons. The molecule has 0 saturated carbocycles. The van der Waals surface area contributed by atoms with Gasteiger partial charge in [-0.05, 0) is 28.1 Å². The first-order chi connectivity index (χ1) is 5.70. The molecule has 0 amide bonds. The van der Waals surface area contributed by atoms with E-state index < -0.39 is 11.9 Å². The normalized spacial score (nSPS) is 20.4. The molecule has 1 aromatic rings. The van der Waals surface area contributed by atoms with Crippen molar-refractivity contribution in [3.8, 4) is 5.75 Å². The Labute approximate surface area is 77.1 Å². The van der Waals surface area contributed by atoms with Crippen molar-refractivity contribution >= 4 is 15.9 Å². The average molecular weight is 233 g/mol. The quantitative estimate of drug-likeness (QED) is 0.742. The molecule has 2 rings (SSSR count). The molecule has 0 bridgehead atoms. The van der Waals surface area contributed by atoms with E-state index in [1.165, 1.54) is 6.07 Å². The molecule has 1 atom stereocenters. The highest BCUT2D eigenvalue weighted by atomic mass is 79.9. The van der Waals surface area contributed by atoms with Gasteiger partial charge >= 0.3 is 0 Å². The molecule has 1 aliphatic rings. The predicted octanol–water partition coefficient (Wildman–Crippen LogP) is 2.01. The monoisotopic (exact) mass is 232 g/mol. The van der Waals surface area contributed by atoms with Crippen molar-refractivity contribution in [2.75, 3.05) is 6.61 Å². The summed E-state index contributed by atoms with van der Waals surface area (Å²) in [5, 5.41) is 9.30. The van der Waals surface area contributed by atoms with Gasteiger partial charge < -0.3 is 9.84 Å². The molecule has 0 aromatic heterocycles. The molecule has 0 spiro atoms. The van der Waals surface area contributed by atoms with Crippen LogP contribution in [-0.4, -0.2) is 11.7 Å². The van der Waals surface area contributed by atoms with E-state index in [9.17, 15) is 9.50 Å². The summed E-state index contributed by atoms with van der Waals surface area (Å²) in [5.74, 6) is 0.000648. The lowest BCUT2D eigenvalue weighted by Gasteiger charge is -2.02. The van der Waals surface area contributed by atoms with Crippen LogP contribution in [0.3, 0.4) is 0 Å². The molecule has 64 valence electrons. The number of rotatable bonds is 0. The van der Waals surface area contributed by atoms with Crippen molar-refractivity contribution in [1.29, 1.82) is 0 Å². The van der Waals surface area contributed by atoms with Crippen LogP contribution in [0, 0.1) is 5.82 Å². The van der Waals surface area contributed by atoms with Crippen molar-refractivity contribution in [3.63, 3.8) is 0 Å². The second-order valence-corrected chi connectivity index (χ2v) is 3.45. The molecular weight excluding hydrogens is 227 g/mol. The number of ether oxygens (including phenoxy) is 1. The Bertz CT molecular complexity index is 327. The third-order valence-electron chi connectivity index (χ3n) is 1.81. The molecular formula is C8H6BrFO2. The first-order valence-electron chi connectivity index (χ1n) is 3.49. The van der Waals surface area contributed by atoms with Gasteiger partial charge in [0.05, 0.1) is 10.0 Å². The summed E-state index contributed by atoms with van der Waals surface area (Å²) in [4.78, 5) is 0. The van der Waals surface area contributed by atoms with Crippen LogP contribution in [0.4, 0.5) is 4.39 Å². The van der Waals surface area contributed by atoms with E-state index in [1.54, 1.807) is 6.07 Å². The van der Waals surface area contributed by atoms with E-state index in [4.69, 9.17) is 4.74 Å². The highest BCUT2D eigenvalue weighted by Crippen LogP contribution is 2.39. The zero-order chi connectivity index (χ0) is 8.72. The van der Waals surface area contributed by atoms with Crippen molar-refractivity contribution in [2.45, 2.75) is 6.10 Å². The fraction of sp³-hybridized carbons (Fsp3) is 0.250. The molecule has 1 aromatic carbocycles. The lowest BCUT2D eigenvalue weighted by Crippen LogP contribution is -1.98. The summed E-state index contributed by atoms with van der Waals surface area (Å²) in [6, 6.07) is 2.87. The van der Waals surface area contributed by atoms with Crippen molar-refractivity contribution < 1.29 is 14.2 Å². The topological polar surface area (TPSA) is 29.5 Å². The number of aliphatic hydroxyl groups excluding tert-OH is 1. The van der Waals surface area contributed by atoms with Gasteiger partial charge in [-0.25, -0.2) is 4.39 Å². The average Bonchev–Trinajstić information content (AvgIpc) is 2.42. The molecule has 0 fully saturated rings. The lowest BCUT2D eigenvalue weighted by atomic mass is 10.1. The Morgan fingerprint density at radius 2 is 2.33 bits per heavy atom. The van der Waals surface area contributed by atoms with Crippen LogP contribution >= 0.6 is 15.9 Å². The maximum Gasteiger partial charge on any atom is 0.142 e. The highest BCUT2D eigenvalue weighted by Gasteiger charge is 2.27. The van der Waals surface area contributed by atoms with Gasteiger partial charge in [0, 0.05) is 0 Å². The van der Waals surface area contributed by atoms with Gasteiger partial charge in [0.15, 0.2) is 0 Å². The summed E-state index contributed by atoms with van der Waals surface area (Å²) < 4.78 is 18.8. The number of benzene rings is 1. The van der Waals surface area contributed by atoms with Gasteiger partial charge in [-0.15, -0.1) is 0 Å². The van der Waals surface area contributed by atoms with Crippen LogP contribution in [0.2, 0.25) is 0 Å². The molecule has 0 aliphatic carbocycles. The Morgan fingerprint density at radius 1 is 1.58 bits per heavy atom. The van der Waals surface area contributed by atoms with Gasteiger partial charge in [-0.2, -0.15) is 0 Å². The fourth-order valence-electron chi connectivity index (χ4n) is 1.25. The minimum atomic E-state index is -0.836. The summed E-state index contributed by atoms with van der Waals surface area (Å²) in [7, 11) is 0. The molecule has 1 aliphatic heterocycles. The summed E-state index contributed by atoms with van der Waals surface area (Å²) >= 11 is 3.21. The molecule has 12 heavy (non-hydrogen) atoms. The minimum Gasteiger partial charge on any atom is -0.489 e.